The molecule has 0 heterocycles. The molecule has 0 aliphatic heterocycles. The highest BCUT2D eigenvalue weighted by Crippen LogP contribution is 2.09. The third-order valence-electron chi connectivity index (χ3n) is 3.54. The van der Waals surface area contributed by atoms with Gasteiger partial charge in [-0.25, -0.2) is 0 Å². The van der Waals surface area contributed by atoms with Gasteiger partial charge in [0, 0.05) is 31.2 Å². The fourth-order valence-electron chi connectivity index (χ4n) is 1.59. The molecule has 2 N–H and O–H groups in total. The molecule has 0 saturated heterocycles. The molecule has 0 unspecified atom stereocenters. The van der Waals surface area contributed by atoms with Crippen molar-refractivity contribution in [3.63, 3.8) is 0 Å². The number of rotatable bonds is 6. The SMILES string of the molecule is CNC(=O)c1ccc(CNCC(C)(C)N(C)C)cc1. The third kappa shape index (κ3) is 4.65. The summed E-state index contributed by atoms with van der Waals surface area (Å²) in [5.41, 5.74) is 2.00. The lowest BCUT2D eigenvalue weighted by atomic mass is 10.0. The van der Waals surface area contributed by atoms with E-state index in [1.54, 1.807) is 7.05 Å². The molecule has 1 rings (SSSR count). The summed E-state index contributed by atoms with van der Waals surface area (Å²) in [6.07, 6.45) is 0. The average molecular weight is 263 g/mol. The molecular weight excluding hydrogens is 238 g/mol. The highest BCUT2D eigenvalue weighted by molar-refractivity contribution is 5.93. The van der Waals surface area contributed by atoms with Crippen LogP contribution in [0.3, 0.4) is 0 Å². The molecule has 4 nitrogen and oxygen atoms in total. The first-order valence-corrected chi connectivity index (χ1v) is 6.56. The van der Waals surface area contributed by atoms with Crippen LogP contribution in [-0.4, -0.2) is 44.0 Å². The van der Waals surface area contributed by atoms with Crippen molar-refractivity contribution in [2.24, 2.45) is 0 Å². The molecule has 1 aromatic rings. The van der Waals surface area contributed by atoms with Gasteiger partial charge in [0.15, 0.2) is 0 Å². The van der Waals surface area contributed by atoms with Gasteiger partial charge in [-0.15, -0.1) is 0 Å². The Kier molecular flexibility index (Phi) is 5.51. The number of likely N-dealkylation sites (N-methyl/N-ethyl adjacent to an activating group) is 1. The van der Waals surface area contributed by atoms with Crippen LogP contribution in [0.2, 0.25) is 0 Å². The second-order valence-electron chi connectivity index (χ2n) is 5.59. The zero-order valence-electron chi connectivity index (χ0n) is 12.6. The van der Waals surface area contributed by atoms with Gasteiger partial charge in [0.1, 0.15) is 0 Å². The quantitative estimate of drug-likeness (QED) is 0.817. The summed E-state index contributed by atoms with van der Waals surface area (Å²) in [6, 6.07) is 7.68. The van der Waals surface area contributed by atoms with Crippen molar-refractivity contribution in [1.82, 2.24) is 15.5 Å². The van der Waals surface area contributed by atoms with Crippen LogP contribution >= 0.6 is 0 Å². The van der Waals surface area contributed by atoms with Crippen LogP contribution in [0, 0.1) is 0 Å². The monoisotopic (exact) mass is 263 g/mol. The predicted molar refractivity (Wildman–Crippen MR) is 79.3 cm³/mol. The first-order valence-electron chi connectivity index (χ1n) is 6.56. The molecule has 0 radical (unpaired) electrons. The van der Waals surface area contributed by atoms with Crippen molar-refractivity contribution >= 4 is 5.91 Å². The van der Waals surface area contributed by atoms with E-state index in [0.29, 0.717) is 5.56 Å². The van der Waals surface area contributed by atoms with Crippen LogP contribution in [0.25, 0.3) is 0 Å². The van der Waals surface area contributed by atoms with Gasteiger partial charge < -0.3 is 15.5 Å². The molecule has 19 heavy (non-hydrogen) atoms. The predicted octanol–water partition coefficient (Wildman–Crippen LogP) is 1.48. The molecule has 0 fully saturated rings. The maximum atomic E-state index is 11.4. The summed E-state index contributed by atoms with van der Waals surface area (Å²) in [5, 5.41) is 6.06. The van der Waals surface area contributed by atoms with Crippen LogP contribution in [-0.2, 0) is 6.54 Å². The molecule has 0 aliphatic rings. The minimum Gasteiger partial charge on any atom is -0.355 e. The van der Waals surface area contributed by atoms with Gasteiger partial charge in [0.2, 0.25) is 0 Å². The molecule has 0 bridgehead atoms. The minimum absolute atomic E-state index is 0.0479. The number of benzene rings is 1. The van der Waals surface area contributed by atoms with E-state index in [-0.39, 0.29) is 11.4 Å². The van der Waals surface area contributed by atoms with E-state index in [4.69, 9.17) is 0 Å². The number of hydrogen-bond donors (Lipinski definition) is 2. The largest absolute Gasteiger partial charge is 0.355 e. The molecule has 0 spiro atoms. The highest BCUT2D eigenvalue weighted by atomic mass is 16.1. The Balaban J connectivity index is 2.49. The second kappa shape index (κ2) is 6.68. The van der Waals surface area contributed by atoms with Crippen molar-refractivity contribution in [2.75, 3.05) is 27.7 Å². The number of nitrogens with one attached hydrogen (secondary N) is 2. The molecule has 4 heteroatoms. The lowest BCUT2D eigenvalue weighted by Crippen LogP contribution is -2.46. The van der Waals surface area contributed by atoms with E-state index in [0.717, 1.165) is 13.1 Å². The first kappa shape index (κ1) is 15.7. The van der Waals surface area contributed by atoms with Crippen LogP contribution in [0.5, 0.6) is 0 Å². The molecular formula is C15H25N3O. The van der Waals surface area contributed by atoms with Gasteiger partial charge in [-0.05, 0) is 45.6 Å². The molecule has 106 valence electrons. The maximum absolute atomic E-state index is 11.4. The average Bonchev–Trinajstić information content (AvgIpc) is 2.38. The van der Waals surface area contributed by atoms with Crippen molar-refractivity contribution in [2.45, 2.75) is 25.9 Å². The van der Waals surface area contributed by atoms with Crippen molar-refractivity contribution in [3.05, 3.63) is 35.4 Å². The summed E-state index contributed by atoms with van der Waals surface area (Å²) >= 11 is 0. The van der Waals surface area contributed by atoms with Gasteiger partial charge in [0.05, 0.1) is 0 Å². The summed E-state index contributed by atoms with van der Waals surface area (Å²) < 4.78 is 0. The van der Waals surface area contributed by atoms with E-state index >= 15 is 0 Å². The summed E-state index contributed by atoms with van der Waals surface area (Å²) in [7, 11) is 5.81. The second-order valence-corrected chi connectivity index (χ2v) is 5.59. The molecule has 0 aromatic heterocycles. The molecule has 0 saturated carbocycles. The fourth-order valence-corrected chi connectivity index (χ4v) is 1.59. The first-order chi connectivity index (χ1) is 8.86. The topological polar surface area (TPSA) is 44.4 Å². The van der Waals surface area contributed by atoms with Gasteiger partial charge >= 0.3 is 0 Å². The van der Waals surface area contributed by atoms with E-state index < -0.39 is 0 Å². The zero-order valence-corrected chi connectivity index (χ0v) is 12.6. The Morgan fingerprint density at radius 2 is 1.79 bits per heavy atom. The van der Waals surface area contributed by atoms with E-state index in [2.05, 4.69) is 43.5 Å². The number of carbonyl (C=O) groups is 1. The Morgan fingerprint density at radius 3 is 2.26 bits per heavy atom. The Hall–Kier alpha value is -1.39. The third-order valence-corrected chi connectivity index (χ3v) is 3.54. The number of hydrogen-bond acceptors (Lipinski definition) is 3. The summed E-state index contributed by atoms with van der Waals surface area (Å²) in [6.45, 7) is 6.13. The highest BCUT2D eigenvalue weighted by Gasteiger charge is 2.19. The minimum atomic E-state index is -0.0479. The number of nitrogens with zero attached hydrogens (tertiary/aromatic N) is 1. The molecule has 1 amide bonds. The van der Waals surface area contributed by atoms with Gasteiger partial charge in [-0.1, -0.05) is 12.1 Å². The number of amides is 1. The standard InChI is InChI=1S/C15H25N3O/c1-15(2,18(4)5)11-17-10-12-6-8-13(9-7-12)14(19)16-3/h6-9,17H,10-11H2,1-5H3,(H,16,19). The molecule has 1 aromatic carbocycles. The van der Waals surface area contributed by atoms with E-state index in [1.807, 2.05) is 24.3 Å². The van der Waals surface area contributed by atoms with Gasteiger partial charge in [0.25, 0.3) is 5.91 Å². The fraction of sp³-hybridized carbons (Fsp3) is 0.533. The normalized spacial score (nSPS) is 11.7. The Labute approximate surface area is 116 Å². The van der Waals surface area contributed by atoms with Crippen molar-refractivity contribution < 1.29 is 4.79 Å². The van der Waals surface area contributed by atoms with Gasteiger partial charge in [-0.3, -0.25) is 4.79 Å². The summed E-state index contributed by atoms with van der Waals surface area (Å²) in [5.74, 6) is -0.0479. The molecule has 0 aliphatic carbocycles. The smallest absolute Gasteiger partial charge is 0.251 e. The van der Waals surface area contributed by atoms with Crippen molar-refractivity contribution in [1.29, 1.82) is 0 Å². The van der Waals surface area contributed by atoms with Crippen LogP contribution < -0.4 is 10.6 Å². The lowest BCUT2D eigenvalue weighted by Gasteiger charge is -2.32. The van der Waals surface area contributed by atoms with E-state index in [9.17, 15) is 4.79 Å². The zero-order chi connectivity index (χ0) is 14.5. The number of carbonyl (C=O) groups excluding carboxylic acids is 1. The summed E-state index contributed by atoms with van der Waals surface area (Å²) in [4.78, 5) is 13.6. The van der Waals surface area contributed by atoms with Crippen LogP contribution in [0.15, 0.2) is 24.3 Å². The van der Waals surface area contributed by atoms with Crippen molar-refractivity contribution in [3.8, 4) is 0 Å². The van der Waals surface area contributed by atoms with Crippen LogP contribution in [0.1, 0.15) is 29.8 Å². The maximum Gasteiger partial charge on any atom is 0.251 e. The Morgan fingerprint density at radius 1 is 1.21 bits per heavy atom. The molecule has 0 atom stereocenters. The van der Waals surface area contributed by atoms with Gasteiger partial charge in [-0.2, -0.15) is 0 Å². The Bertz CT molecular complexity index is 410. The van der Waals surface area contributed by atoms with E-state index in [1.165, 1.54) is 5.56 Å². The lowest BCUT2D eigenvalue weighted by molar-refractivity contribution is 0.0963. The van der Waals surface area contributed by atoms with Crippen LogP contribution in [0.4, 0.5) is 0 Å².